The molecule has 10 aromatic rings. The van der Waals surface area contributed by atoms with Crippen molar-refractivity contribution in [3.8, 4) is 55.6 Å². The summed E-state index contributed by atoms with van der Waals surface area (Å²) in [7, 11) is 0. The molecule has 62 heavy (non-hydrogen) atoms. The lowest BCUT2D eigenvalue weighted by Crippen LogP contribution is -2.15. The minimum absolute atomic E-state index is 0.0443. The molecule has 0 N–H and O–H groups in total. The summed E-state index contributed by atoms with van der Waals surface area (Å²) in [6.07, 6.45) is 0. The molecule has 0 bridgehead atoms. The van der Waals surface area contributed by atoms with Gasteiger partial charge in [0.15, 0.2) is 0 Å². The summed E-state index contributed by atoms with van der Waals surface area (Å²) in [5.74, 6) is 0. The fraction of sp³-hybridized carbons (Fsp3) is 0.100. The van der Waals surface area contributed by atoms with Crippen molar-refractivity contribution in [1.29, 1.82) is 0 Å². The molecular formula is C60H45NO. The van der Waals surface area contributed by atoms with E-state index in [0.717, 1.165) is 28.2 Å². The van der Waals surface area contributed by atoms with Crippen LogP contribution in [0.4, 0.5) is 17.1 Å². The average Bonchev–Trinajstić information content (AvgIpc) is 3.89. The predicted molar refractivity (Wildman–Crippen MR) is 260 cm³/mol. The molecule has 9 aromatic carbocycles. The van der Waals surface area contributed by atoms with Crippen LogP contribution in [-0.4, -0.2) is 0 Å². The van der Waals surface area contributed by atoms with Gasteiger partial charge in [-0.25, -0.2) is 0 Å². The summed E-state index contributed by atoms with van der Waals surface area (Å²) in [5, 5.41) is 2.41. The Morgan fingerprint density at radius 3 is 1.61 bits per heavy atom. The highest BCUT2D eigenvalue weighted by atomic mass is 16.3. The maximum atomic E-state index is 6.38. The summed E-state index contributed by atoms with van der Waals surface area (Å²) in [4.78, 5) is 2.37. The highest BCUT2D eigenvalue weighted by Crippen LogP contribution is 2.56. The second-order valence-electron chi connectivity index (χ2n) is 18.1. The molecule has 12 rings (SSSR count). The average molecular weight is 796 g/mol. The Hall–Kier alpha value is -7.42. The van der Waals surface area contributed by atoms with Crippen LogP contribution in [0.15, 0.2) is 205 Å². The minimum atomic E-state index is -0.192. The Morgan fingerprint density at radius 1 is 0.355 bits per heavy atom. The Labute approximate surface area is 363 Å². The lowest BCUT2D eigenvalue weighted by atomic mass is 9.80. The first-order valence-electron chi connectivity index (χ1n) is 21.8. The van der Waals surface area contributed by atoms with Gasteiger partial charge >= 0.3 is 0 Å². The molecule has 2 aliphatic rings. The number of rotatable bonds is 6. The van der Waals surface area contributed by atoms with Crippen LogP contribution >= 0.6 is 0 Å². The third-order valence-electron chi connectivity index (χ3n) is 13.9. The van der Waals surface area contributed by atoms with Crippen LogP contribution in [0.3, 0.4) is 0 Å². The van der Waals surface area contributed by atoms with Crippen molar-refractivity contribution >= 4 is 39.0 Å². The summed E-state index contributed by atoms with van der Waals surface area (Å²) in [6.45, 7) is 9.42. The molecule has 0 aliphatic heterocycles. The van der Waals surface area contributed by atoms with E-state index >= 15 is 0 Å². The molecule has 0 unspecified atom stereocenters. The zero-order chi connectivity index (χ0) is 41.7. The van der Waals surface area contributed by atoms with E-state index in [1.807, 2.05) is 0 Å². The third kappa shape index (κ3) is 5.43. The van der Waals surface area contributed by atoms with E-state index in [4.69, 9.17) is 4.42 Å². The zero-order valence-electron chi connectivity index (χ0n) is 35.4. The molecule has 0 amide bonds. The number of hydrogen-bond acceptors (Lipinski definition) is 2. The summed E-state index contributed by atoms with van der Waals surface area (Å²) >= 11 is 0. The van der Waals surface area contributed by atoms with Crippen LogP contribution in [0.25, 0.3) is 77.6 Å². The van der Waals surface area contributed by atoms with Gasteiger partial charge < -0.3 is 9.32 Å². The van der Waals surface area contributed by atoms with Crippen LogP contribution in [-0.2, 0) is 10.8 Å². The van der Waals surface area contributed by atoms with E-state index in [-0.39, 0.29) is 10.8 Å². The molecule has 0 saturated heterocycles. The van der Waals surface area contributed by atoms with E-state index < -0.39 is 0 Å². The number of hydrogen-bond donors (Lipinski definition) is 0. The van der Waals surface area contributed by atoms with E-state index in [1.54, 1.807) is 0 Å². The smallest absolute Gasteiger partial charge is 0.135 e. The van der Waals surface area contributed by atoms with Gasteiger partial charge in [0.25, 0.3) is 0 Å². The van der Waals surface area contributed by atoms with Gasteiger partial charge in [-0.3, -0.25) is 0 Å². The van der Waals surface area contributed by atoms with Gasteiger partial charge in [0, 0.05) is 38.7 Å². The second kappa shape index (κ2) is 13.5. The fourth-order valence-electron chi connectivity index (χ4n) is 10.8. The first-order chi connectivity index (χ1) is 30.3. The van der Waals surface area contributed by atoms with Gasteiger partial charge in [0.05, 0.1) is 0 Å². The Balaban J connectivity index is 0.935. The Kier molecular flexibility index (Phi) is 7.96. The number of furan rings is 1. The Bertz CT molecular complexity index is 3370. The molecule has 2 nitrogen and oxygen atoms in total. The number of fused-ring (bicyclic) bond motifs is 10. The van der Waals surface area contributed by atoms with Crippen LogP contribution in [0.1, 0.15) is 49.9 Å². The van der Waals surface area contributed by atoms with E-state index in [0.29, 0.717) is 0 Å². The quantitative estimate of drug-likeness (QED) is 0.167. The van der Waals surface area contributed by atoms with E-state index in [9.17, 15) is 0 Å². The maximum Gasteiger partial charge on any atom is 0.135 e. The molecule has 0 fully saturated rings. The minimum Gasteiger partial charge on any atom is -0.456 e. The normalized spacial score (nSPS) is 14.1. The summed E-state index contributed by atoms with van der Waals surface area (Å²) in [5.41, 5.74) is 23.1. The molecular weight excluding hydrogens is 751 g/mol. The SMILES string of the molecule is CC1(C)c2ccccc2-c2ccc(-c3ccc(N(c4ccc(-c5ccccc5)cc4)c4ccc(-c5cccc6c5-c5ccc7oc8ccccc8c7c5C6(C)C)cc4)cc3)cc21. The van der Waals surface area contributed by atoms with Crippen molar-refractivity contribution in [3.05, 3.63) is 222 Å². The molecule has 2 heteroatoms. The van der Waals surface area contributed by atoms with Crippen LogP contribution in [0, 0.1) is 0 Å². The lowest BCUT2D eigenvalue weighted by Gasteiger charge is -2.26. The number of benzene rings is 9. The van der Waals surface area contributed by atoms with Crippen molar-refractivity contribution < 1.29 is 4.42 Å². The molecule has 296 valence electrons. The summed E-state index contributed by atoms with van der Waals surface area (Å²) < 4.78 is 6.38. The van der Waals surface area contributed by atoms with Crippen molar-refractivity contribution in [2.45, 2.75) is 38.5 Å². The Morgan fingerprint density at radius 2 is 0.887 bits per heavy atom. The third-order valence-corrected chi connectivity index (χ3v) is 13.9. The molecule has 1 aromatic heterocycles. The molecule has 0 radical (unpaired) electrons. The molecule has 2 aliphatic carbocycles. The summed E-state index contributed by atoms with van der Waals surface area (Å²) in [6, 6.07) is 73.4. The lowest BCUT2D eigenvalue weighted by molar-refractivity contribution is 0.657. The van der Waals surface area contributed by atoms with Gasteiger partial charge in [0.1, 0.15) is 11.2 Å². The highest BCUT2D eigenvalue weighted by molar-refractivity contribution is 6.12. The van der Waals surface area contributed by atoms with E-state index in [1.165, 1.54) is 88.7 Å². The van der Waals surface area contributed by atoms with Crippen molar-refractivity contribution in [2.24, 2.45) is 0 Å². The van der Waals surface area contributed by atoms with Crippen molar-refractivity contribution in [1.82, 2.24) is 0 Å². The molecule has 0 atom stereocenters. The number of nitrogens with zero attached hydrogens (tertiary/aromatic N) is 1. The monoisotopic (exact) mass is 795 g/mol. The zero-order valence-corrected chi connectivity index (χ0v) is 35.4. The van der Waals surface area contributed by atoms with Crippen LogP contribution in [0.5, 0.6) is 0 Å². The second-order valence-corrected chi connectivity index (χ2v) is 18.1. The maximum absolute atomic E-state index is 6.38. The van der Waals surface area contributed by atoms with Gasteiger partial charge in [-0.2, -0.15) is 0 Å². The van der Waals surface area contributed by atoms with Crippen molar-refractivity contribution in [2.75, 3.05) is 4.90 Å². The standard InChI is InChI=1S/C60H45NO/c1-59(2)51-18-10-8-15-47(51)48-34-27-42(37-53(48)59)40-23-30-44(31-24-40)61(43-28-21-39(22-29-43)38-13-6-5-7-14-38)45-32-25-41(26-33-45)46-17-12-19-52-56(46)50-35-36-55-57(58(50)60(52,3)4)49-16-9-11-20-54(49)62-55/h5-37H,1-4H3. The largest absolute Gasteiger partial charge is 0.456 e. The van der Waals surface area contributed by atoms with Crippen LogP contribution in [0.2, 0.25) is 0 Å². The fourth-order valence-corrected chi connectivity index (χ4v) is 10.8. The van der Waals surface area contributed by atoms with Gasteiger partial charge in [-0.15, -0.1) is 0 Å². The predicted octanol–water partition coefficient (Wildman–Crippen LogP) is 16.7. The van der Waals surface area contributed by atoms with Gasteiger partial charge in [-0.05, 0) is 132 Å². The van der Waals surface area contributed by atoms with E-state index in [2.05, 4.69) is 233 Å². The van der Waals surface area contributed by atoms with Gasteiger partial charge in [0.2, 0.25) is 0 Å². The molecule has 0 saturated carbocycles. The molecule has 0 spiro atoms. The highest BCUT2D eigenvalue weighted by Gasteiger charge is 2.39. The first-order valence-corrected chi connectivity index (χ1v) is 21.8. The first kappa shape index (κ1) is 36.4. The number of para-hydroxylation sites is 1. The van der Waals surface area contributed by atoms with Crippen molar-refractivity contribution in [3.63, 3.8) is 0 Å². The van der Waals surface area contributed by atoms with Crippen LogP contribution < -0.4 is 4.90 Å². The topological polar surface area (TPSA) is 16.4 Å². The number of anilines is 3. The molecule has 1 heterocycles. The van der Waals surface area contributed by atoms with Gasteiger partial charge in [-0.1, -0.05) is 173 Å².